The molecule has 2 aromatic rings. The number of hydrogen-bond donors (Lipinski definition) is 1. The molecule has 0 unspecified atom stereocenters. The van der Waals surface area contributed by atoms with E-state index in [0.717, 1.165) is 24.0 Å². The first-order valence-electron chi connectivity index (χ1n) is 7.00. The molecule has 1 N–H and O–H groups in total. The number of hydrogen-bond acceptors (Lipinski definition) is 4. The van der Waals surface area contributed by atoms with Gasteiger partial charge in [0.05, 0.1) is 12.1 Å². The van der Waals surface area contributed by atoms with Crippen LogP contribution < -0.4 is 10.1 Å². The van der Waals surface area contributed by atoms with Gasteiger partial charge >= 0.3 is 0 Å². The Morgan fingerprint density at radius 2 is 2.00 bits per heavy atom. The third kappa shape index (κ3) is 2.31. The largest absolute Gasteiger partial charge is 0.496 e. The zero-order valence-electron chi connectivity index (χ0n) is 12.4. The third-order valence-corrected chi connectivity index (χ3v) is 4.29. The fourth-order valence-electron chi connectivity index (χ4n) is 2.58. The quantitative estimate of drug-likeness (QED) is 0.941. The first-order valence-corrected chi connectivity index (χ1v) is 7.38. The maximum absolute atomic E-state index is 12.0. The van der Waals surface area contributed by atoms with Crippen LogP contribution >= 0.6 is 11.6 Å². The number of carbonyl (C=O) groups is 1. The first-order chi connectivity index (χ1) is 10.6. The molecular formula is C16H16ClN3O2. The van der Waals surface area contributed by atoms with E-state index < -0.39 is 5.41 Å². The number of carbonyl (C=O) groups excluding carboxylic acids is 1. The van der Waals surface area contributed by atoms with Crippen LogP contribution in [-0.2, 0) is 10.2 Å². The van der Waals surface area contributed by atoms with Crippen molar-refractivity contribution in [3.8, 4) is 16.9 Å². The van der Waals surface area contributed by atoms with E-state index in [1.165, 1.54) is 0 Å². The second-order valence-electron chi connectivity index (χ2n) is 5.27. The number of nitrogens with zero attached hydrogens (tertiary/aromatic N) is 2. The standard InChI is InChI=1S/C16H16ClN3O2/c1-18-15(21)16(6-7-16)14-19-8-10(9-20-14)13-11(17)4-3-5-12(13)22-2/h3-5,8-9H,6-7H2,1-2H3,(H,18,21). The van der Waals surface area contributed by atoms with Crippen molar-refractivity contribution < 1.29 is 9.53 Å². The summed E-state index contributed by atoms with van der Waals surface area (Å²) >= 11 is 6.26. The van der Waals surface area contributed by atoms with E-state index in [1.807, 2.05) is 12.1 Å². The minimum absolute atomic E-state index is 0.0319. The summed E-state index contributed by atoms with van der Waals surface area (Å²) in [5.41, 5.74) is 0.958. The van der Waals surface area contributed by atoms with E-state index in [0.29, 0.717) is 16.6 Å². The van der Waals surface area contributed by atoms with Crippen molar-refractivity contribution in [1.29, 1.82) is 0 Å². The number of benzene rings is 1. The van der Waals surface area contributed by atoms with Crippen molar-refractivity contribution >= 4 is 17.5 Å². The molecule has 1 heterocycles. The molecule has 1 fully saturated rings. The maximum Gasteiger partial charge on any atom is 0.233 e. The smallest absolute Gasteiger partial charge is 0.233 e. The molecule has 1 aliphatic rings. The Morgan fingerprint density at radius 1 is 1.32 bits per heavy atom. The fraction of sp³-hybridized carbons (Fsp3) is 0.312. The molecule has 1 aliphatic carbocycles. The minimum Gasteiger partial charge on any atom is -0.496 e. The second kappa shape index (κ2) is 5.57. The molecule has 1 aromatic heterocycles. The van der Waals surface area contributed by atoms with Crippen molar-refractivity contribution in [2.45, 2.75) is 18.3 Å². The minimum atomic E-state index is -0.558. The third-order valence-electron chi connectivity index (χ3n) is 3.98. The van der Waals surface area contributed by atoms with Crippen molar-refractivity contribution in [1.82, 2.24) is 15.3 Å². The van der Waals surface area contributed by atoms with Crippen molar-refractivity contribution in [3.63, 3.8) is 0 Å². The molecular weight excluding hydrogens is 302 g/mol. The summed E-state index contributed by atoms with van der Waals surface area (Å²) in [5.74, 6) is 1.19. The van der Waals surface area contributed by atoms with Gasteiger partial charge in [0.25, 0.3) is 0 Å². The van der Waals surface area contributed by atoms with Crippen LogP contribution in [0.2, 0.25) is 5.02 Å². The average molecular weight is 318 g/mol. The van der Waals surface area contributed by atoms with Crippen LogP contribution in [0.15, 0.2) is 30.6 Å². The van der Waals surface area contributed by atoms with Gasteiger partial charge in [0.15, 0.2) is 0 Å². The van der Waals surface area contributed by atoms with Gasteiger partial charge < -0.3 is 10.1 Å². The van der Waals surface area contributed by atoms with Crippen molar-refractivity contribution in [3.05, 3.63) is 41.4 Å². The summed E-state index contributed by atoms with van der Waals surface area (Å²) in [6.45, 7) is 0. The van der Waals surface area contributed by atoms with Gasteiger partial charge in [-0.3, -0.25) is 4.79 Å². The van der Waals surface area contributed by atoms with Crippen LogP contribution in [0.4, 0.5) is 0 Å². The maximum atomic E-state index is 12.0. The van der Waals surface area contributed by atoms with Crippen LogP contribution in [0.1, 0.15) is 18.7 Å². The molecule has 0 saturated heterocycles. The number of nitrogens with one attached hydrogen (secondary N) is 1. The molecule has 1 amide bonds. The Hall–Kier alpha value is -2.14. The van der Waals surface area contributed by atoms with E-state index in [1.54, 1.807) is 32.6 Å². The molecule has 1 aromatic carbocycles. The highest BCUT2D eigenvalue weighted by atomic mass is 35.5. The second-order valence-corrected chi connectivity index (χ2v) is 5.68. The van der Waals surface area contributed by atoms with Crippen LogP contribution in [0.25, 0.3) is 11.1 Å². The normalized spacial score (nSPS) is 15.2. The first kappa shape index (κ1) is 14.8. The fourth-order valence-corrected chi connectivity index (χ4v) is 2.85. The van der Waals surface area contributed by atoms with Gasteiger partial charge in [-0.1, -0.05) is 17.7 Å². The van der Waals surface area contributed by atoms with E-state index >= 15 is 0 Å². The highest BCUT2D eigenvalue weighted by molar-refractivity contribution is 6.33. The van der Waals surface area contributed by atoms with E-state index in [-0.39, 0.29) is 5.91 Å². The zero-order chi connectivity index (χ0) is 15.7. The van der Waals surface area contributed by atoms with Gasteiger partial charge in [0.2, 0.25) is 5.91 Å². The summed E-state index contributed by atoms with van der Waals surface area (Å²) in [6, 6.07) is 5.45. The van der Waals surface area contributed by atoms with Gasteiger partial charge in [0.1, 0.15) is 17.0 Å². The molecule has 0 radical (unpaired) electrons. The number of likely N-dealkylation sites (N-methyl/N-ethyl adjacent to an activating group) is 1. The van der Waals surface area contributed by atoms with Gasteiger partial charge in [0, 0.05) is 30.6 Å². The zero-order valence-corrected chi connectivity index (χ0v) is 13.1. The lowest BCUT2D eigenvalue weighted by Crippen LogP contribution is -2.33. The summed E-state index contributed by atoms with van der Waals surface area (Å²) in [7, 11) is 3.22. The number of amides is 1. The van der Waals surface area contributed by atoms with E-state index in [9.17, 15) is 4.79 Å². The number of aromatic nitrogens is 2. The van der Waals surface area contributed by atoms with E-state index in [4.69, 9.17) is 16.3 Å². The lowest BCUT2D eigenvalue weighted by atomic mass is 10.0. The SMILES string of the molecule is CNC(=O)C1(c2ncc(-c3c(Cl)cccc3OC)cn2)CC1. The Balaban J connectivity index is 1.98. The van der Waals surface area contributed by atoms with Gasteiger partial charge in [-0.05, 0) is 25.0 Å². The van der Waals surface area contributed by atoms with Crippen molar-refractivity contribution in [2.75, 3.05) is 14.2 Å². The lowest BCUT2D eigenvalue weighted by molar-refractivity contribution is -0.123. The Kier molecular flexibility index (Phi) is 3.74. The predicted octanol–water partition coefficient (Wildman–Crippen LogP) is 2.58. The van der Waals surface area contributed by atoms with Crippen LogP contribution in [0.5, 0.6) is 5.75 Å². The Labute approximate surface area is 133 Å². The van der Waals surface area contributed by atoms with Crippen LogP contribution in [0.3, 0.4) is 0 Å². The van der Waals surface area contributed by atoms with Crippen LogP contribution in [-0.4, -0.2) is 30.0 Å². The molecule has 0 aliphatic heterocycles. The highest BCUT2D eigenvalue weighted by Gasteiger charge is 2.53. The van der Waals surface area contributed by atoms with Gasteiger partial charge in [-0.25, -0.2) is 9.97 Å². The van der Waals surface area contributed by atoms with E-state index in [2.05, 4.69) is 15.3 Å². The number of methoxy groups -OCH3 is 1. The molecule has 22 heavy (non-hydrogen) atoms. The predicted molar refractivity (Wildman–Crippen MR) is 84.0 cm³/mol. The molecule has 0 bridgehead atoms. The highest BCUT2D eigenvalue weighted by Crippen LogP contribution is 2.47. The Bertz CT molecular complexity index is 712. The monoisotopic (exact) mass is 317 g/mol. The molecule has 0 spiro atoms. The molecule has 6 heteroatoms. The summed E-state index contributed by atoms with van der Waals surface area (Å²) in [5, 5.41) is 3.25. The van der Waals surface area contributed by atoms with Gasteiger partial charge in [-0.15, -0.1) is 0 Å². The van der Waals surface area contributed by atoms with Crippen molar-refractivity contribution in [2.24, 2.45) is 0 Å². The number of halogens is 1. The van der Waals surface area contributed by atoms with Crippen LogP contribution in [0, 0.1) is 0 Å². The molecule has 114 valence electrons. The molecule has 3 rings (SSSR count). The number of ether oxygens (including phenoxy) is 1. The Morgan fingerprint density at radius 3 is 2.55 bits per heavy atom. The summed E-state index contributed by atoms with van der Waals surface area (Å²) < 4.78 is 5.34. The number of rotatable bonds is 4. The topological polar surface area (TPSA) is 64.1 Å². The average Bonchev–Trinajstić information content (AvgIpc) is 3.36. The summed E-state index contributed by atoms with van der Waals surface area (Å²) in [4.78, 5) is 20.8. The molecule has 1 saturated carbocycles. The van der Waals surface area contributed by atoms with Gasteiger partial charge in [-0.2, -0.15) is 0 Å². The summed E-state index contributed by atoms with van der Waals surface area (Å²) in [6.07, 6.45) is 4.94. The molecule has 5 nitrogen and oxygen atoms in total. The molecule has 0 atom stereocenters. The lowest BCUT2D eigenvalue weighted by Gasteiger charge is -2.13.